The number of guanidine groups is 1. The fourth-order valence-electron chi connectivity index (χ4n) is 4.28. The highest BCUT2D eigenvalue weighted by Crippen LogP contribution is 2.42. The molecule has 1 aromatic heterocycles. The van der Waals surface area contributed by atoms with Gasteiger partial charge in [-0.2, -0.15) is 0 Å². The second kappa shape index (κ2) is 7.80. The van der Waals surface area contributed by atoms with E-state index in [1.54, 1.807) is 0 Å². The molecule has 0 radical (unpaired) electrons. The molecule has 1 saturated heterocycles. The minimum absolute atomic E-state index is 0.539. The number of aromatic nitrogens is 1. The van der Waals surface area contributed by atoms with Gasteiger partial charge in [-0.15, -0.1) is 0 Å². The summed E-state index contributed by atoms with van der Waals surface area (Å²) >= 11 is 0. The summed E-state index contributed by atoms with van der Waals surface area (Å²) in [6.07, 6.45) is 13.0. The first kappa shape index (κ1) is 16.3. The second-order valence-corrected chi connectivity index (χ2v) is 7.16. The quantitative estimate of drug-likeness (QED) is 0.670. The topological polar surface area (TPSA) is 40.5 Å². The Kier molecular flexibility index (Phi) is 5.52. The normalized spacial score (nSPS) is 22.0. The molecule has 1 aromatic rings. The zero-order chi connectivity index (χ0) is 16.0. The molecule has 0 amide bonds. The first-order valence-corrected chi connectivity index (χ1v) is 9.17. The molecule has 126 valence electrons. The van der Waals surface area contributed by atoms with E-state index < -0.39 is 0 Å². The third kappa shape index (κ3) is 4.24. The molecule has 1 saturated carbocycles. The smallest absolute Gasteiger partial charge is 0.193 e. The maximum atomic E-state index is 4.53. The van der Waals surface area contributed by atoms with Gasteiger partial charge in [-0.3, -0.25) is 9.98 Å². The molecule has 1 aliphatic heterocycles. The standard InChI is InChI=1S/C19H30N4/c1-20-18(22-15-17-9-4-7-13-21-17)23-14-8-12-19(16-23)10-5-2-3-6-11-19/h4,7,9,13H,2-3,5-6,8,10-12,14-16H2,1H3,(H,20,22). The minimum Gasteiger partial charge on any atom is -0.351 e. The predicted octanol–water partition coefficient (Wildman–Crippen LogP) is 3.59. The Bertz CT molecular complexity index is 503. The Morgan fingerprint density at radius 2 is 1.96 bits per heavy atom. The summed E-state index contributed by atoms with van der Waals surface area (Å²) in [7, 11) is 1.90. The van der Waals surface area contributed by atoms with Crippen LogP contribution in [0.1, 0.15) is 57.1 Å². The van der Waals surface area contributed by atoms with E-state index >= 15 is 0 Å². The fraction of sp³-hybridized carbons (Fsp3) is 0.684. The minimum atomic E-state index is 0.539. The first-order chi connectivity index (χ1) is 11.3. The molecule has 0 atom stereocenters. The number of nitrogens with zero attached hydrogens (tertiary/aromatic N) is 3. The van der Waals surface area contributed by atoms with Crippen molar-refractivity contribution in [1.82, 2.24) is 15.2 Å². The number of nitrogens with one attached hydrogen (secondary N) is 1. The lowest BCUT2D eigenvalue weighted by Crippen LogP contribution is -2.50. The molecule has 2 aliphatic rings. The van der Waals surface area contributed by atoms with Crippen molar-refractivity contribution in [3.8, 4) is 0 Å². The molecule has 1 spiro atoms. The van der Waals surface area contributed by atoms with Crippen molar-refractivity contribution < 1.29 is 0 Å². The Hall–Kier alpha value is -1.58. The Morgan fingerprint density at radius 3 is 2.65 bits per heavy atom. The van der Waals surface area contributed by atoms with Gasteiger partial charge in [0.2, 0.25) is 0 Å². The summed E-state index contributed by atoms with van der Waals surface area (Å²) in [5, 5.41) is 3.51. The van der Waals surface area contributed by atoms with Crippen molar-refractivity contribution in [3.05, 3.63) is 30.1 Å². The lowest BCUT2D eigenvalue weighted by Gasteiger charge is -2.44. The van der Waals surface area contributed by atoms with Gasteiger partial charge in [0.05, 0.1) is 12.2 Å². The number of aliphatic imine (C=N–C) groups is 1. The van der Waals surface area contributed by atoms with Gasteiger partial charge in [-0.25, -0.2) is 0 Å². The van der Waals surface area contributed by atoms with E-state index in [1.165, 1.54) is 57.9 Å². The third-order valence-electron chi connectivity index (χ3n) is 5.49. The summed E-state index contributed by atoms with van der Waals surface area (Å²) in [6, 6.07) is 6.05. The Morgan fingerprint density at radius 1 is 1.17 bits per heavy atom. The van der Waals surface area contributed by atoms with Crippen LogP contribution in [0.5, 0.6) is 0 Å². The largest absolute Gasteiger partial charge is 0.351 e. The van der Waals surface area contributed by atoms with Gasteiger partial charge in [-0.1, -0.05) is 31.7 Å². The van der Waals surface area contributed by atoms with E-state index in [0.29, 0.717) is 5.41 Å². The summed E-state index contributed by atoms with van der Waals surface area (Å²) in [4.78, 5) is 11.4. The average molecular weight is 314 g/mol. The average Bonchev–Trinajstić information content (AvgIpc) is 2.82. The van der Waals surface area contributed by atoms with Crippen LogP contribution in [0.15, 0.2) is 29.4 Å². The Balaban J connectivity index is 1.61. The predicted molar refractivity (Wildman–Crippen MR) is 95.4 cm³/mol. The molecule has 3 rings (SSSR count). The highest BCUT2D eigenvalue weighted by Gasteiger charge is 2.36. The van der Waals surface area contributed by atoms with Crippen LogP contribution in [0.4, 0.5) is 0 Å². The van der Waals surface area contributed by atoms with Gasteiger partial charge >= 0.3 is 0 Å². The highest BCUT2D eigenvalue weighted by atomic mass is 15.3. The van der Waals surface area contributed by atoms with Crippen molar-refractivity contribution in [2.75, 3.05) is 20.1 Å². The van der Waals surface area contributed by atoms with E-state index in [-0.39, 0.29) is 0 Å². The van der Waals surface area contributed by atoms with Crippen LogP contribution < -0.4 is 5.32 Å². The van der Waals surface area contributed by atoms with Gasteiger partial charge in [0.15, 0.2) is 5.96 Å². The van der Waals surface area contributed by atoms with Crippen LogP contribution in [0.3, 0.4) is 0 Å². The maximum Gasteiger partial charge on any atom is 0.193 e. The number of piperidine rings is 1. The molecule has 23 heavy (non-hydrogen) atoms. The molecule has 0 unspecified atom stereocenters. The van der Waals surface area contributed by atoms with E-state index in [2.05, 4.69) is 26.3 Å². The number of hydrogen-bond donors (Lipinski definition) is 1. The van der Waals surface area contributed by atoms with Crippen molar-refractivity contribution in [2.24, 2.45) is 10.4 Å². The molecule has 1 aliphatic carbocycles. The van der Waals surface area contributed by atoms with Gasteiger partial charge in [0, 0.05) is 26.3 Å². The van der Waals surface area contributed by atoms with E-state index in [1.807, 2.05) is 25.4 Å². The van der Waals surface area contributed by atoms with Crippen LogP contribution in [0, 0.1) is 5.41 Å². The molecule has 0 bridgehead atoms. The number of pyridine rings is 1. The molecule has 4 heteroatoms. The summed E-state index contributed by atoms with van der Waals surface area (Å²) in [5.74, 6) is 1.04. The van der Waals surface area contributed by atoms with E-state index in [9.17, 15) is 0 Å². The maximum absolute atomic E-state index is 4.53. The van der Waals surface area contributed by atoms with Crippen molar-refractivity contribution in [3.63, 3.8) is 0 Å². The van der Waals surface area contributed by atoms with Gasteiger partial charge in [0.1, 0.15) is 0 Å². The molecule has 2 fully saturated rings. The molecular formula is C19H30N4. The molecule has 4 nitrogen and oxygen atoms in total. The van der Waals surface area contributed by atoms with Crippen LogP contribution in [0.2, 0.25) is 0 Å². The van der Waals surface area contributed by atoms with Gasteiger partial charge < -0.3 is 10.2 Å². The molecule has 0 aromatic carbocycles. The molecular weight excluding hydrogens is 284 g/mol. The fourth-order valence-corrected chi connectivity index (χ4v) is 4.28. The Labute approximate surface area is 140 Å². The summed E-state index contributed by atoms with van der Waals surface area (Å²) < 4.78 is 0. The SMILES string of the molecule is CN=C(NCc1ccccn1)N1CCCC2(CCCCCC2)C1. The van der Waals surface area contributed by atoms with Crippen molar-refractivity contribution in [2.45, 2.75) is 57.9 Å². The summed E-state index contributed by atoms with van der Waals surface area (Å²) in [6.45, 7) is 3.05. The van der Waals surface area contributed by atoms with Crippen LogP contribution in [0.25, 0.3) is 0 Å². The second-order valence-electron chi connectivity index (χ2n) is 7.16. The zero-order valence-corrected chi connectivity index (χ0v) is 14.4. The number of likely N-dealkylation sites (tertiary alicyclic amines) is 1. The van der Waals surface area contributed by atoms with Crippen molar-refractivity contribution >= 4 is 5.96 Å². The zero-order valence-electron chi connectivity index (χ0n) is 14.4. The van der Waals surface area contributed by atoms with Crippen LogP contribution in [-0.2, 0) is 6.54 Å². The van der Waals surface area contributed by atoms with E-state index in [0.717, 1.165) is 24.7 Å². The van der Waals surface area contributed by atoms with Crippen LogP contribution in [-0.4, -0.2) is 36.0 Å². The van der Waals surface area contributed by atoms with Crippen molar-refractivity contribution in [1.29, 1.82) is 0 Å². The van der Waals surface area contributed by atoms with Gasteiger partial charge in [0.25, 0.3) is 0 Å². The summed E-state index contributed by atoms with van der Waals surface area (Å²) in [5.41, 5.74) is 1.60. The number of hydrogen-bond acceptors (Lipinski definition) is 2. The third-order valence-corrected chi connectivity index (χ3v) is 5.49. The first-order valence-electron chi connectivity index (χ1n) is 9.17. The van der Waals surface area contributed by atoms with E-state index in [4.69, 9.17) is 0 Å². The lowest BCUT2D eigenvalue weighted by atomic mass is 9.74. The van der Waals surface area contributed by atoms with Gasteiger partial charge in [-0.05, 0) is 43.2 Å². The van der Waals surface area contributed by atoms with Crippen LogP contribution >= 0.6 is 0 Å². The molecule has 2 heterocycles. The number of rotatable bonds is 2. The monoisotopic (exact) mass is 314 g/mol. The highest BCUT2D eigenvalue weighted by molar-refractivity contribution is 5.80. The lowest BCUT2D eigenvalue weighted by molar-refractivity contribution is 0.115. The molecule has 1 N–H and O–H groups in total.